The lowest BCUT2D eigenvalue weighted by atomic mass is 10.2. The van der Waals surface area contributed by atoms with Gasteiger partial charge in [0.05, 0.1) is 0 Å². The lowest BCUT2D eigenvalue weighted by Gasteiger charge is -2.23. The molecule has 4 heteroatoms. The van der Waals surface area contributed by atoms with Gasteiger partial charge >= 0.3 is 0 Å². The Kier molecular flexibility index (Phi) is 5.41. The predicted molar refractivity (Wildman–Crippen MR) is 82.9 cm³/mol. The normalized spacial score (nSPS) is 16.1. The van der Waals surface area contributed by atoms with E-state index in [-0.39, 0.29) is 5.91 Å². The molecular formula is C16H25N3O. The van der Waals surface area contributed by atoms with Gasteiger partial charge in [-0.15, -0.1) is 0 Å². The number of hydrogen-bond acceptors (Lipinski definition) is 3. The summed E-state index contributed by atoms with van der Waals surface area (Å²) in [5, 5.41) is 3.33. The van der Waals surface area contributed by atoms with Gasteiger partial charge in [-0.2, -0.15) is 0 Å². The van der Waals surface area contributed by atoms with E-state index in [0.29, 0.717) is 0 Å². The number of carbonyl (C=O) groups is 1. The van der Waals surface area contributed by atoms with Gasteiger partial charge in [-0.25, -0.2) is 0 Å². The molecule has 1 saturated heterocycles. The molecule has 0 saturated carbocycles. The fourth-order valence-electron chi connectivity index (χ4n) is 2.58. The Balaban J connectivity index is 1.95. The Morgan fingerprint density at radius 2 is 1.90 bits per heavy atom. The van der Waals surface area contributed by atoms with Crippen molar-refractivity contribution >= 4 is 11.6 Å². The van der Waals surface area contributed by atoms with Gasteiger partial charge in [0.15, 0.2) is 0 Å². The highest BCUT2D eigenvalue weighted by Gasteiger charge is 2.16. The molecule has 1 fully saturated rings. The third kappa shape index (κ3) is 3.97. The SMILES string of the molecule is CCNCc1ccc(N2CCCN(C(C)=O)CC2)cc1. The monoisotopic (exact) mass is 275 g/mol. The molecule has 1 aromatic rings. The second-order valence-electron chi connectivity index (χ2n) is 5.29. The van der Waals surface area contributed by atoms with Crippen LogP contribution in [0, 0.1) is 0 Å². The van der Waals surface area contributed by atoms with E-state index in [2.05, 4.69) is 41.4 Å². The van der Waals surface area contributed by atoms with Crippen LogP contribution in [-0.4, -0.2) is 43.5 Å². The van der Waals surface area contributed by atoms with Crippen molar-refractivity contribution in [1.82, 2.24) is 10.2 Å². The molecule has 0 aliphatic carbocycles. The number of nitrogens with one attached hydrogen (secondary N) is 1. The van der Waals surface area contributed by atoms with Crippen LogP contribution in [-0.2, 0) is 11.3 Å². The minimum absolute atomic E-state index is 0.188. The van der Waals surface area contributed by atoms with Gasteiger partial charge in [0.2, 0.25) is 5.91 Å². The number of anilines is 1. The van der Waals surface area contributed by atoms with Crippen LogP contribution >= 0.6 is 0 Å². The van der Waals surface area contributed by atoms with E-state index in [1.165, 1.54) is 11.3 Å². The van der Waals surface area contributed by atoms with Crippen molar-refractivity contribution in [2.75, 3.05) is 37.6 Å². The van der Waals surface area contributed by atoms with Crippen molar-refractivity contribution in [2.45, 2.75) is 26.8 Å². The maximum Gasteiger partial charge on any atom is 0.219 e. The lowest BCUT2D eigenvalue weighted by molar-refractivity contribution is -0.128. The zero-order valence-corrected chi connectivity index (χ0v) is 12.6. The summed E-state index contributed by atoms with van der Waals surface area (Å²) in [5.74, 6) is 0.188. The molecule has 1 aliphatic heterocycles. The molecule has 1 aromatic carbocycles. The fraction of sp³-hybridized carbons (Fsp3) is 0.562. The van der Waals surface area contributed by atoms with Crippen LogP contribution in [0.5, 0.6) is 0 Å². The topological polar surface area (TPSA) is 35.6 Å². The summed E-state index contributed by atoms with van der Waals surface area (Å²) < 4.78 is 0. The summed E-state index contributed by atoms with van der Waals surface area (Å²) in [6.45, 7) is 9.35. The minimum atomic E-state index is 0.188. The molecule has 1 heterocycles. The van der Waals surface area contributed by atoms with Crippen molar-refractivity contribution in [3.8, 4) is 0 Å². The molecule has 0 radical (unpaired) electrons. The first-order valence-electron chi connectivity index (χ1n) is 7.51. The predicted octanol–water partition coefficient (Wildman–Crippen LogP) is 1.85. The van der Waals surface area contributed by atoms with Crippen LogP contribution in [0.3, 0.4) is 0 Å². The van der Waals surface area contributed by atoms with Gasteiger partial charge in [0, 0.05) is 45.3 Å². The van der Waals surface area contributed by atoms with Crippen molar-refractivity contribution in [2.24, 2.45) is 0 Å². The molecule has 0 spiro atoms. The molecule has 1 amide bonds. The van der Waals surface area contributed by atoms with Gasteiger partial charge in [-0.05, 0) is 30.7 Å². The molecule has 4 nitrogen and oxygen atoms in total. The Morgan fingerprint density at radius 1 is 1.15 bits per heavy atom. The second kappa shape index (κ2) is 7.29. The largest absolute Gasteiger partial charge is 0.370 e. The van der Waals surface area contributed by atoms with Crippen molar-refractivity contribution in [1.29, 1.82) is 0 Å². The van der Waals surface area contributed by atoms with Gasteiger partial charge in [0.1, 0.15) is 0 Å². The van der Waals surface area contributed by atoms with E-state index in [4.69, 9.17) is 0 Å². The summed E-state index contributed by atoms with van der Waals surface area (Å²) in [7, 11) is 0. The highest BCUT2D eigenvalue weighted by molar-refractivity contribution is 5.73. The maximum atomic E-state index is 11.4. The van der Waals surface area contributed by atoms with E-state index < -0.39 is 0 Å². The maximum absolute atomic E-state index is 11.4. The van der Waals surface area contributed by atoms with Crippen LogP contribution in [0.4, 0.5) is 5.69 Å². The Bertz CT molecular complexity index is 430. The fourth-order valence-corrected chi connectivity index (χ4v) is 2.58. The molecule has 20 heavy (non-hydrogen) atoms. The van der Waals surface area contributed by atoms with Crippen molar-refractivity contribution < 1.29 is 4.79 Å². The zero-order chi connectivity index (χ0) is 14.4. The highest BCUT2D eigenvalue weighted by Crippen LogP contribution is 2.17. The number of amides is 1. The van der Waals surface area contributed by atoms with Crippen LogP contribution in [0.25, 0.3) is 0 Å². The van der Waals surface area contributed by atoms with Gasteiger partial charge in [-0.3, -0.25) is 4.79 Å². The average molecular weight is 275 g/mol. The first-order chi connectivity index (χ1) is 9.70. The first kappa shape index (κ1) is 14.9. The van der Waals surface area contributed by atoms with Gasteiger partial charge in [0.25, 0.3) is 0 Å². The van der Waals surface area contributed by atoms with E-state index in [1.54, 1.807) is 6.92 Å². The average Bonchev–Trinajstić information content (AvgIpc) is 2.71. The standard InChI is InChI=1S/C16H25N3O/c1-3-17-13-15-5-7-16(8-6-15)19-10-4-9-18(11-12-19)14(2)20/h5-8,17H,3-4,9-13H2,1-2H3. The minimum Gasteiger partial charge on any atom is -0.370 e. The quantitative estimate of drug-likeness (QED) is 0.911. The molecule has 1 N–H and O–H groups in total. The van der Waals surface area contributed by atoms with E-state index in [0.717, 1.165) is 45.7 Å². The Labute approximate surface area is 121 Å². The number of hydrogen-bond donors (Lipinski definition) is 1. The molecule has 1 aliphatic rings. The van der Waals surface area contributed by atoms with Gasteiger partial charge in [-0.1, -0.05) is 19.1 Å². The van der Waals surface area contributed by atoms with E-state index in [9.17, 15) is 4.79 Å². The number of rotatable bonds is 4. The van der Waals surface area contributed by atoms with Crippen LogP contribution in [0.1, 0.15) is 25.8 Å². The molecule has 110 valence electrons. The van der Waals surface area contributed by atoms with E-state index >= 15 is 0 Å². The lowest BCUT2D eigenvalue weighted by Crippen LogP contribution is -2.33. The van der Waals surface area contributed by atoms with Crippen molar-refractivity contribution in [3.05, 3.63) is 29.8 Å². The molecular weight excluding hydrogens is 250 g/mol. The smallest absolute Gasteiger partial charge is 0.219 e. The first-order valence-corrected chi connectivity index (χ1v) is 7.51. The number of benzene rings is 1. The number of nitrogens with zero attached hydrogens (tertiary/aromatic N) is 2. The Morgan fingerprint density at radius 3 is 2.55 bits per heavy atom. The second-order valence-corrected chi connectivity index (χ2v) is 5.29. The van der Waals surface area contributed by atoms with E-state index in [1.807, 2.05) is 4.90 Å². The summed E-state index contributed by atoms with van der Waals surface area (Å²) in [4.78, 5) is 15.8. The third-order valence-corrected chi connectivity index (χ3v) is 3.82. The molecule has 0 unspecified atom stereocenters. The number of carbonyl (C=O) groups excluding carboxylic acids is 1. The summed E-state index contributed by atoms with van der Waals surface area (Å²) >= 11 is 0. The van der Waals surface area contributed by atoms with Crippen LogP contribution in [0.2, 0.25) is 0 Å². The molecule has 0 aromatic heterocycles. The summed E-state index contributed by atoms with van der Waals surface area (Å²) in [6, 6.07) is 8.75. The molecule has 2 rings (SSSR count). The van der Waals surface area contributed by atoms with Gasteiger partial charge < -0.3 is 15.1 Å². The zero-order valence-electron chi connectivity index (χ0n) is 12.6. The summed E-state index contributed by atoms with van der Waals surface area (Å²) in [5.41, 5.74) is 2.58. The highest BCUT2D eigenvalue weighted by atomic mass is 16.2. The molecule has 0 atom stereocenters. The third-order valence-electron chi connectivity index (χ3n) is 3.82. The van der Waals surface area contributed by atoms with Crippen LogP contribution < -0.4 is 10.2 Å². The Hall–Kier alpha value is -1.55. The summed E-state index contributed by atoms with van der Waals surface area (Å²) in [6.07, 6.45) is 1.04. The van der Waals surface area contributed by atoms with Crippen LogP contribution in [0.15, 0.2) is 24.3 Å². The van der Waals surface area contributed by atoms with Crippen molar-refractivity contribution in [3.63, 3.8) is 0 Å². The molecule has 0 bridgehead atoms.